The van der Waals surface area contributed by atoms with Gasteiger partial charge in [0.1, 0.15) is 0 Å². The van der Waals surface area contributed by atoms with Crippen LogP contribution < -0.4 is 5.32 Å². The molecule has 3 rings (SSSR count). The smallest absolute Gasteiger partial charge is 0.225 e. The molecule has 2 N–H and O–H groups in total. The van der Waals surface area contributed by atoms with Crippen molar-refractivity contribution in [1.82, 2.24) is 15.2 Å². The highest BCUT2D eigenvalue weighted by molar-refractivity contribution is 5.89. The molecule has 26 heavy (non-hydrogen) atoms. The summed E-state index contributed by atoms with van der Waals surface area (Å²) in [6, 6.07) is 6.36. The van der Waals surface area contributed by atoms with Crippen molar-refractivity contribution in [2.75, 3.05) is 19.6 Å². The van der Waals surface area contributed by atoms with Crippen molar-refractivity contribution in [3.63, 3.8) is 0 Å². The van der Waals surface area contributed by atoms with E-state index in [4.69, 9.17) is 0 Å². The molecule has 1 aliphatic heterocycles. The Hall–Kier alpha value is -2.30. The highest BCUT2D eigenvalue weighted by Gasteiger charge is 2.33. The number of likely N-dealkylation sites (tertiary alicyclic amines) is 1. The zero-order valence-electron chi connectivity index (χ0n) is 16.0. The fourth-order valence-electron chi connectivity index (χ4n) is 3.55. The summed E-state index contributed by atoms with van der Waals surface area (Å²) in [5.41, 5.74) is 3.58. The molecule has 1 aromatic heterocycles. The van der Waals surface area contributed by atoms with Gasteiger partial charge in [0.05, 0.1) is 5.92 Å². The molecule has 1 fully saturated rings. The molecule has 1 aromatic carbocycles. The van der Waals surface area contributed by atoms with Gasteiger partial charge in [0.2, 0.25) is 11.8 Å². The lowest BCUT2D eigenvalue weighted by atomic mass is 10.1. The summed E-state index contributed by atoms with van der Waals surface area (Å²) in [5.74, 6) is 0.464. The van der Waals surface area contributed by atoms with E-state index in [-0.39, 0.29) is 17.7 Å². The average Bonchev–Trinajstić information content (AvgIpc) is 3.15. The molecular formula is C21H29N3O2. The number of nitrogens with one attached hydrogen (secondary N) is 2. The fraction of sp³-hybridized carbons (Fsp3) is 0.524. The molecule has 0 bridgehead atoms. The number of fused-ring (bicyclic) bond motifs is 1. The lowest BCUT2D eigenvalue weighted by molar-refractivity contribution is -0.129. The van der Waals surface area contributed by atoms with Crippen LogP contribution in [0, 0.1) is 18.8 Å². The maximum absolute atomic E-state index is 12.3. The number of H-pyrrole nitrogens is 1. The summed E-state index contributed by atoms with van der Waals surface area (Å²) in [4.78, 5) is 29.7. The number of carbonyl (C=O) groups excluding carboxylic acids is 2. The van der Waals surface area contributed by atoms with E-state index in [9.17, 15) is 9.59 Å². The predicted octanol–water partition coefficient (Wildman–Crippen LogP) is 3.03. The van der Waals surface area contributed by atoms with Crippen LogP contribution in [0.4, 0.5) is 0 Å². The van der Waals surface area contributed by atoms with Crippen LogP contribution in [0.2, 0.25) is 0 Å². The molecule has 1 saturated heterocycles. The number of aryl methyl sites for hydroxylation is 1. The molecule has 0 radical (unpaired) electrons. The number of hydrogen-bond acceptors (Lipinski definition) is 2. The number of rotatable bonds is 7. The summed E-state index contributed by atoms with van der Waals surface area (Å²) in [7, 11) is 0. The van der Waals surface area contributed by atoms with Crippen molar-refractivity contribution >= 4 is 22.7 Å². The average molecular weight is 355 g/mol. The molecule has 0 saturated carbocycles. The lowest BCUT2D eigenvalue weighted by Crippen LogP contribution is -2.34. The molecule has 2 heterocycles. The summed E-state index contributed by atoms with van der Waals surface area (Å²) in [6.07, 6.45) is 4.13. The monoisotopic (exact) mass is 355 g/mol. The zero-order valence-corrected chi connectivity index (χ0v) is 16.0. The Morgan fingerprint density at radius 2 is 2.19 bits per heavy atom. The Bertz CT molecular complexity index is 794. The zero-order chi connectivity index (χ0) is 18.7. The first-order valence-electron chi connectivity index (χ1n) is 9.56. The van der Waals surface area contributed by atoms with Crippen molar-refractivity contribution in [3.05, 3.63) is 35.5 Å². The first kappa shape index (κ1) is 18.5. The summed E-state index contributed by atoms with van der Waals surface area (Å²) in [5, 5.41) is 4.20. The molecule has 2 aromatic rings. The molecule has 1 atom stereocenters. The van der Waals surface area contributed by atoms with Crippen LogP contribution in [-0.2, 0) is 16.0 Å². The van der Waals surface area contributed by atoms with Crippen molar-refractivity contribution in [2.45, 2.75) is 40.0 Å². The van der Waals surface area contributed by atoms with Crippen LogP contribution in [0.25, 0.3) is 10.9 Å². The Morgan fingerprint density at radius 1 is 1.38 bits per heavy atom. The number of nitrogens with zero attached hydrogens (tertiary/aromatic N) is 1. The Balaban J connectivity index is 1.54. The van der Waals surface area contributed by atoms with Crippen LogP contribution in [-0.4, -0.2) is 41.3 Å². The maximum Gasteiger partial charge on any atom is 0.225 e. The minimum Gasteiger partial charge on any atom is -0.361 e. The van der Waals surface area contributed by atoms with Gasteiger partial charge in [-0.05, 0) is 43.4 Å². The van der Waals surface area contributed by atoms with Gasteiger partial charge in [-0.25, -0.2) is 0 Å². The number of carbonyl (C=O) groups is 2. The van der Waals surface area contributed by atoms with Gasteiger partial charge in [0.15, 0.2) is 0 Å². The van der Waals surface area contributed by atoms with E-state index in [0.29, 0.717) is 32.0 Å². The number of hydrogen-bond donors (Lipinski definition) is 2. The molecule has 0 aliphatic carbocycles. The highest BCUT2D eigenvalue weighted by Crippen LogP contribution is 2.22. The quantitative estimate of drug-likeness (QED) is 0.802. The predicted molar refractivity (Wildman–Crippen MR) is 104 cm³/mol. The third kappa shape index (κ3) is 4.26. The Labute approximate surface area is 155 Å². The Morgan fingerprint density at radius 3 is 2.96 bits per heavy atom. The topological polar surface area (TPSA) is 65.2 Å². The Kier molecular flexibility index (Phi) is 5.64. The van der Waals surface area contributed by atoms with Crippen molar-refractivity contribution in [2.24, 2.45) is 11.8 Å². The largest absolute Gasteiger partial charge is 0.361 e. The molecule has 5 heteroatoms. The van der Waals surface area contributed by atoms with Crippen LogP contribution in [0.15, 0.2) is 24.4 Å². The molecule has 0 unspecified atom stereocenters. The second kappa shape index (κ2) is 7.94. The van der Waals surface area contributed by atoms with E-state index < -0.39 is 0 Å². The summed E-state index contributed by atoms with van der Waals surface area (Å²) >= 11 is 0. The first-order chi connectivity index (χ1) is 12.4. The van der Waals surface area contributed by atoms with Crippen molar-refractivity contribution < 1.29 is 9.59 Å². The third-order valence-electron chi connectivity index (χ3n) is 5.18. The van der Waals surface area contributed by atoms with Gasteiger partial charge < -0.3 is 15.2 Å². The normalized spacial score (nSPS) is 17.5. The van der Waals surface area contributed by atoms with Gasteiger partial charge in [-0.15, -0.1) is 0 Å². The van der Waals surface area contributed by atoms with E-state index in [1.807, 2.05) is 11.1 Å². The van der Waals surface area contributed by atoms with Gasteiger partial charge in [-0.1, -0.05) is 25.5 Å². The first-order valence-corrected chi connectivity index (χ1v) is 9.56. The number of amides is 2. The van der Waals surface area contributed by atoms with Crippen LogP contribution in [0.5, 0.6) is 0 Å². The van der Waals surface area contributed by atoms with Crippen molar-refractivity contribution in [3.8, 4) is 0 Å². The van der Waals surface area contributed by atoms with Gasteiger partial charge in [0.25, 0.3) is 0 Å². The van der Waals surface area contributed by atoms with E-state index in [2.05, 4.69) is 49.3 Å². The van der Waals surface area contributed by atoms with Crippen LogP contribution >= 0.6 is 0 Å². The van der Waals surface area contributed by atoms with Gasteiger partial charge in [-0.2, -0.15) is 0 Å². The molecule has 0 spiro atoms. The van der Waals surface area contributed by atoms with E-state index >= 15 is 0 Å². The standard InChI is InChI=1S/C21H29N3O2/c1-14(2)6-8-22-21(26)17-11-20(25)24(13-17)9-7-16-12-23-19-5-4-15(3)10-18(16)19/h4-5,10,12,14,17,23H,6-9,11,13H2,1-3H3,(H,22,26)/t17-/m0/s1. The number of benzene rings is 1. The van der Waals surface area contributed by atoms with Crippen LogP contribution in [0.3, 0.4) is 0 Å². The minimum atomic E-state index is -0.208. The summed E-state index contributed by atoms with van der Waals surface area (Å²) < 4.78 is 0. The van der Waals surface area contributed by atoms with E-state index in [1.54, 1.807) is 0 Å². The lowest BCUT2D eigenvalue weighted by Gasteiger charge is -2.16. The molecule has 1 aliphatic rings. The second-order valence-electron chi connectivity index (χ2n) is 7.83. The number of aromatic amines is 1. The van der Waals surface area contributed by atoms with E-state index in [1.165, 1.54) is 16.5 Å². The molecule has 2 amide bonds. The van der Waals surface area contributed by atoms with Gasteiger partial charge >= 0.3 is 0 Å². The fourth-order valence-corrected chi connectivity index (χ4v) is 3.55. The molecule has 5 nitrogen and oxygen atoms in total. The maximum atomic E-state index is 12.3. The third-order valence-corrected chi connectivity index (χ3v) is 5.18. The minimum absolute atomic E-state index is 0.0178. The van der Waals surface area contributed by atoms with Gasteiger partial charge in [0, 0.05) is 43.2 Å². The van der Waals surface area contributed by atoms with Crippen molar-refractivity contribution in [1.29, 1.82) is 0 Å². The van der Waals surface area contributed by atoms with E-state index in [0.717, 1.165) is 18.4 Å². The summed E-state index contributed by atoms with van der Waals surface area (Å²) in [6.45, 7) is 8.25. The number of aromatic nitrogens is 1. The second-order valence-corrected chi connectivity index (χ2v) is 7.83. The molecule has 140 valence electrons. The SMILES string of the molecule is Cc1ccc2[nH]cc(CCN3C[C@@H](C(=O)NCCC(C)C)CC3=O)c2c1. The van der Waals surface area contributed by atoms with Gasteiger partial charge in [-0.3, -0.25) is 9.59 Å². The van der Waals surface area contributed by atoms with Crippen LogP contribution in [0.1, 0.15) is 37.8 Å². The molecular weight excluding hydrogens is 326 g/mol. The highest BCUT2D eigenvalue weighted by atomic mass is 16.2.